The van der Waals surface area contributed by atoms with Gasteiger partial charge >= 0.3 is 0 Å². The summed E-state index contributed by atoms with van der Waals surface area (Å²) in [4.78, 5) is 0.260. The van der Waals surface area contributed by atoms with Crippen LogP contribution in [0, 0.1) is 0 Å². The van der Waals surface area contributed by atoms with Crippen LogP contribution in [0.25, 0.3) is 0 Å². The fourth-order valence-corrected chi connectivity index (χ4v) is 2.77. The van der Waals surface area contributed by atoms with Crippen LogP contribution in [0.1, 0.15) is 12.0 Å². The summed E-state index contributed by atoms with van der Waals surface area (Å²) in [5.74, 6) is 0.521. The molecule has 0 fully saturated rings. The predicted molar refractivity (Wildman–Crippen MR) is 76.8 cm³/mol. The van der Waals surface area contributed by atoms with Crippen molar-refractivity contribution in [1.82, 2.24) is 4.72 Å². The van der Waals surface area contributed by atoms with E-state index in [-0.39, 0.29) is 4.90 Å². The molecule has 1 aromatic carbocycles. The van der Waals surface area contributed by atoms with Crippen LogP contribution in [0.5, 0.6) is 0 Å². The van der Waals surface area contributed by atoms with Crippen molar-refractivity contribution in [1.29, 1.82) is 0 Å². The van der Waals surface area contributed by atoms with E-state index in [1.54, 1.807) is 24.3 Å². The highest BCUT2D eigenvalue weighted by Gasteiger charge is 2.12. The molecule has 0 bridgehead atoms. The molecule has 0 saturated heterocycles. The Balaban J connectivity index is 2.54. The maximum atomic E-state index is 11.9. The average Bonchev–Trinajstić information content (AvgIpc) is 2.39. The minimum Gasteiger partial charge on any atom is -0.502 e. The molecular weight excluding hydrogens is 286 g/mol. The van der Waals surface area contributed by atoms with E-state index < -0.39 is 10.0 Å². The quantitative estimate of drug-likeness (QED) is 0.433. The van der Waals surface area contributed by atoms with Crippen LogP contribution in [-0.4, -0.2) is 27.4 Å². The molecule has 1 aromatic rings. The van der Waals surface area contributed by atoms with Gasteiger partial charge in [-0.05, 0) is 30.5 Å². The number of sulfonamides is 1. The van der Waals surface area contributed by atoms with Gasteiger partial charge in [0, 0.05) is 12.4 Å². The van der Waals surface area contributed by atoms with Gasteiger partial charge in [-0.2, -0.15) is 0 Å². The zero-order chi connectivity index (χ0) is 14.1. The molecule has 106 valence electrons. The summed E-state index contributed by atoms with van der Waals surface area (Å²) >= 11 is 5.63. The minimum atomic E-state index is -3.44. The molecule has 0 spiro atoms. The highest BCUT2D eigenvalue weighted by Crippen LogP contribution is 2.11. The van der Waals surface area contributed by atoms with Crippen molar-refractivity contribution in [2.75, 3.05) is 19.0 Å². The molecule has 1 rings (SSSR count). The first kappa shape index (κ1) is 16.0. The zero-order valence-corrected chi connectivity index (χ0v) is 12.2. The SMILES string of the molecule is C=COCCCNS(=O)(=O)c1ccc(CCCl)cc1. The van der Waals surface area contributed by atoms with Crippen LogP contribution in [-0.2, 0) is 21.2 Å². The van der Waals surface area contributed by atoms with Crippen LogP contribution >= 0.6 is 11.6 Å². The molecule has 0 heterocycles. The van der Waals surface area contributed by atoms with Crippen molar-refractivity contribution in [3.05, 3.63) is 42.7 Å². The maximum absolute atomic E-state index is 11.9. The summed E-state index contributed by atoms with van der Waals surface area (Å²) < 4.78 is 31.3. The number of alkyl halides is 1. The number of hydrogen-bond donors (Lipinski definition) is 1. The number of aryl methyl sites for hydroxylation is 1. The Bertz CT molecular complexity index is 485. The van der Waals surface area contributed by atoms with Crippen molar-refractivity contribution in [2.45, 2.75) is 17.7 Å². The topological polar surface area (TPSA) is 55.4 Å². The van der Waals surface area contributed by atoms with E-state index in [1.807, 2.05) is 0 Å². The summed E-state index contributed by atoms with van der Waals surface area (Å²) in [5, 5.41) is 0. The Kier molecular flexibility index (Phi) is 6.91. The van der Waals surface area contributed by atoms with Gasteiger partial charge in [0.15, 0.2) is 0 Å². The van der Waals surface area contributed by atoms with Gasteiger partial charge in [-0.15, -0.1) is 11.6 Å². The van der Waals surface area contributed by atoms with Gasteiger partial charge in [0.25, 0.3) is 0 Å². The Hall–Kier alpha value is -1.04. The molecule has 0 saturated carbocycles. The lowest BCUT2D eigenvalue weighted by molar-refractivity contribution is 0.247. The third-order valence-electron chi connectivity index (χ3n) is 2.47. The molecule has 0 aliphatic carbocycles. The highest BCUT2D eigenvalue weighted by atomic mass is 35.5. The monoisotopic (exact) mass is 303 g/mol. The van der Waals surface area contributed by atoms with E-state index in [0.29, 0.717) is 25.5 Å². The molecule has 1 N–H and O–H groups in total. The van der Waals surface area contributed by atoms with E-state index in [1.165, 1.54) is 6.26 Å². The third-order valence-corrected chi connectivity index (χ3v) is 4.13. The van der Waals surface area contributed by atoms with Crippen molar-refractivity contribution in [3.8, 4) is 0 Å². The van der Waals surface area contributed by atoms with Gasteiger partial charge in [-0.1, -0.05) is 18.7 Å². The molecule has 4 nitrogen and oxygen atoms in total. The van der Waals surface area contributed by atoms with E-state index in [4.69, 9.17) is 16.3 Å². The third kappa shape index (κ3) is 5.63. The molecule has 0 atom stereocenters. The summed E-state index contributed by atoms with van der Waals surface area (Å²) in [6.07, 6.45) is 2.66. The second-order valence-corrected chi connectivity index (χ2v) is 6.02. The van der Waals surface area contributed by atoms with Gasteiger partial charge in [-0.3, -0.25) is 0 Å². The number of ether oxygens (including phenoxy) is 1. The largest absolute Gasteiger partial charge is 0.502 e. The van der Waals surface area contributed by atoms with Crippen molar-refractivity contribution >= 4 is 21.6 Å². The molecule has 0 amide bonds. The number of halogens is 1. The molecular formula is C13H18ClNO3S. The first-order chi connectivity index (χ1) is 9.10. The Morgan fingerprint density at radius 3 is 2.58 bits per heavy atom. The Morgan fingerprint density at radius 1 is 1.32 bits per heavy atom. The lowest BCUT2D eigenvalue weighted by Crippen LogP contribution is -2.25. The fraction of sp³-hybridized carbons (Fsp3) is 0.385. The highest BCUT2D eigenvalue weighted by molar-refractivity contribution is 7.89. The van der Waals surface area contributed by atoms with Crippen LogP contribution in [0.2, 0.25) is 0 Å². The van der Waals surface area contributed by atoms with E-state index in [2.05, 4.69) is 11.3 Å². The summed E-state index contributed by atoms with van der Waals surface area (Å²) in [5.41, 5.74) is 1.02. The van der Waals surface area contributed by atoms with E-state index in [0.717, 1.165) is 12.0 Å². The lowest BCUT2D eigenvalue weighted by Gasteiger charge is -2.07. The number of nitrogens with one attached hydrogen (secondary N) is 1. The second kappa shape index (κ2) is 8.19. The number of rotatable bonds is 9. The minimum absolute atomic E-state index is 0.260. The fourth-order valence-electron chi connectivity index (χ4n) is 1.47. The molecule has 0 aromatic heterocycles. The molecule has 0 unspecified atom stereocenters. The zero-order valence-electron chi connectivity index (χ0n) is 10.6. The van der Waals surface area contributed by atoms with Crippen molar-refractivity contribution in [3.63, 3.8) is 0 Å². The molecule has 0 aliphatic rings. The maximum Gasteiger partial charge on any atom is 0.240 e. The van der Waals surface area contributed by atoms with Crippen LogP contribution in [0.3, 0.4) is 0 Å². The molecule has 0 radical (unpaired) electrons. The van der Waals surface area contributed by atoms with Gasteiger partial charge in [0.05, 0.1) is 17.8 Å². The average molecular weight is 304 g/mol. The standard InChI is InChI=1S/C13H18ClNO3S/c1-2-18-11-3-10-15-19(16,17)13-6-4-12(5-7-13)8-9-14/h2,4-7,15H,1,3,8-11H2. The van der Waals surface area contributed by atoms with E-state index in [9.17, 15) is 8.42 Å². The molecule has 0 aliphatic heterocycles. The predicted octanol–water partition coefficient (Wildman–Crippen LogP) is 2.30. The summed E-state index contributed by atoms with van der Waals surface area (Å²) in [6.45, 7) is 4.19. The van der Waals surface area contributed by atoms with Crippen molar-refractivity contribution in [2.24, 2.45) is 0 Å². The van der Waals surface area contributed by atoms with E-state index >= 15 is 0 Å². The Labute approximate surface area is 119 Å². The van der Waals surface area contributed by atoms with Crippen LogP contribution in [0.4, 0.5) is 0 Å². The lowest BCUT2D eigenvalue weighted by atomic mass is 10.2. The first-order valence-electron chi connectivity index (χ1n) is 5.97. The van der Waals surface area contributed by atoms with Gasteiger partial charge in [0.1, 0.15) is 0 Å². The smallest absolute Gasteiger partial charge is 0.240 e. The van der Waals surface area contributed by atoms with Crippen molar-refractivity contribution < 1.29 is 13.2 Å². The second-order valence-electron chi connectivity index (χ2n) is 3.87. The van der Waals surface area contributed by atoms with Gasteiger partial charge < -0.3 is 4.74 Å². The van der Waals surface area contributed by atoms with Gasteiger partial charge in [-0.25, -0.2) is 13.1 Å². The van der Waals surface area contributed by atoms with Crippen LogP contribution < -0.4 is 4.72 Å². The number of benzene rings is 1. The normalized spacial score (nSPS) is 11.2. The molecule has 6 heteroatoms. The number of hydrogen-bond acceptors (Lipinski definition) is 3. The van der Waals surface area contributed by atoms with Gasteiger partial charge in [0.2, 0.25) is 10.0 Å². The Morgan fingerprint density at radius 2 is 2.00 bits per heavy atom. The summed E-state index contributed by atoms with van der Waals surface area (Å²) in [7, 11) is -3.44. The summed E-state index contributed by atoms with van der Waals surface area (Å²) in [6, 6.07) is 6.73. The van der Waals surface area contributed by atoms with Crippen LogP contribution in [0.15, 0.2) is 42.0 Å². The first-order valence-corrected chi connectivity index (χ1v) is 7.99. The molecule has 19 heavy (non-hydrogen) atoms.